The van der Waals surface area contributed by atoms with Gasteiger partial charge >= 0.3 is 5.97 Å². The quantitative estimate of drug-likeness (QED) is 0.704. The van der Waals surface area contributed by atoms with Gasteiger partial charge in [0.2, 0.25) is 0 Å². The third kappa shape index (κ3) is 2.99. The van der Waals surface area contributed by atoms with Crippen molar-refractivity contribution in [2.24, 2.45) is 11.7 Å². The molecule has 1 saturated carbocycles. The second-order valence-corrected chi connectivity index (χ2v) is 4.41. The van der Waals surface area contributed by atoms with Crippen LogP contribution in [0.15, 0.2) is 0 Å². The first-order valence-electron chi connectivity index (χ1n) is 5.03. The largest absolute Gasteiger partial charge is 0.481 e. The molecule has 0 spiro atoms. The van der Waals surface area contributed by atoms with Crippen LogP contribution in [-0.2, 0) is 4.79 Å². The molecule has 0 radical (unpaired) electrons. The minimum absolute atomic E-state index is 0.0949. The first kappa shape index (κ1) is 10.5. The molecule has 3 heteroatoms. The molecule has 1 aliphatic carbocycles. The normalized spacial score (nSPS) is 23.8. The van der Waals surface area contributed by atoms with E-state index in [9.17, 15) is 4.79 Å². The van der Waals surface area contributed by atoms with Crippen LogP contribution in [0.3, 0.4) is 0 Å². The lowest BCUT2D eigenvalue weighted by atomic mass is 9.75. The van der Waals surface area contributed by atoms with Crippen molar-refractivity contribution in [3.05, 3.63) is 0 Å². The molecule has 0 aromatic rings. The van der Waals surface area contributed by atoms with E-state index in [-0.39, 0.29) is 6.42 Å². The van der Waals surface area contributed by atoms with Gasteiger partial charge in [0, 0.05) is 5.54 Å². The molecule has 0 aliphatic heterocycles. The zero-order valence-electron chi connectivity index (χ0n) is 8.25. The molecule has 1 rings (SSSR count). The van der Waals surface area contributed by atoms with Crippen molar-refractivity contribution in [3.8, 4) is 0 Å². The standard InChI is InChI=1S/C10H19NO2/c1-10(11,7-9(12)13)8-5-3-2-4-6-8/h8H,2-7,11H2,1H3,(H,12,13)/t10-/m0/s1. The summed E-state index contributed by atoms with van der Waals surface area (Å²) in [6.45, 7) is 1.87. The van der Waals surface area contributed by atoms with E-state index >= 15 is 0 Å². The van der Waals surface area contributed by atoms with E-state index in [0.717, 1.165) is 12.8 Å². The van der Waals surface area contributed by atoms with Gasteiger partial charge in [-0.3, -0.25) is 4.79 Å². The monoisotopic (exact) mass is 185 g/mol. The highest BCUT2D eigenvalue weighted by Gasteiger charge is 2.32. The lowest BCUT2D eigenvalue weighted by molar-refractivity contribution is -0.138. The molecule has 0 unspecified atom stereocenters. The lowest BCUT2D eigenvalue weighted by Crippen LogP contribution is -2.46. The molecule has 76 valence electrons. The van der Waals surface area contributed by atoms with Crippen molar-refractivity contribution in [2.45, 2.75) is 51.0 Å². The van der Waals surface area contributed by atoms with Crippen LogP contribution in [0.25, 0.3) is 0 Å². The number of carboxylic acid groups (broad SMARTS) is 1. The van der Waals surface area contributed by atoms with Gasteiger partial charge in [0.05, 0.1) is 6.42 Å². The topological polar surface area (TPSA) is 63.3 Å². The molecule has 0 aromatic heterocycles. The Morgan fingerprint density at radius 2 is 2.00 bits per heavy atom. The molecule has 0 bridgehead atoms. The van der Waals surface area contributed by atoms with Crippen molar-refractivity contribution in [2.75, 3.05) is 0 Å². The highest BCUT2D eigenvalue weighted by atomic mass is 16.4. The molecule has 3 nitrogen and oxygen atoms in total. The first-order chi connectivity index (χ1) is 6.02. The predicted molar refractivity (Wildman–Crippen MR) is 51.4 cm³/mol. The summed E-state index contributed by atoms with van der Waals surface area (Å²) in [7, 11) is 0. The highest BCUT2D eigenvalue weighted by molar-refractivity contribution is 5.68. The van der Waals surface area contributed by atoms with Gasteiger partial charge in [0.25, 0.3) is 0 Å². The van der Waals surface area contributed by atoms with Crippen molar-refractivity contribution in [3.63, 3.8) is 0 Å². The number of carbonyl (C=O) groups is 1. The summed E-state index contributed by atoms with van der Waals surface area (Å²) in [5, 5.41) is 8.70. The third-order valence-electron chi connectivity index (χ3n) is 3.07. The summed E-state index contributed by atoms with van der Waals surface area (Å²) in [6.07, 6.45) is 5.98. The van der Waals surface area contributed by atoms with E-state index in [1.165, 1.54) is 19.3 Å². The molecule has 1 fully saturated rings. The molecular weight excluding hydrogens is 166 g/mol. The van der Waals surface area contributed by atoms with Crippen LogP contribution in [-0.4, -0.2) is 16.6 Å². The Morgan fingerprint density at radius 3 is 2.46 bits per heavy atom. The summed E-state index contributed by atoms with van der Waals surface area (Å²) in [5.74, 6) is -0.382. The van der Waals surface area contributed by atoms with Gasteiger partial charge in [-0.15, -0.1) is 0 Å². The Labute approximate surface area is 79.3 Å². The fourth-order valence-corrected chi connectivity index (χ4v) is 2.23. The average molecular weight is 185 g/mol. The second kappa shape index (κ2) is 4.09. The zero-order chi connectivity index (χ0) is 9.90. The van der Waals surface area contributed by atoms with E-state index in [1.807, 2.05) is 6.92 Å². The number of aliphatic carboxylic acids is 1. The van der Waals surface area contributed by atoms with Crippen LogP contribution in [0, 0.1) is 5.92 Å². The minimum atomic E-state index is -0.782. The van der Waals surface area contributed by atoms with Gasteiger partial charge in [0.15, 0.2) is 0 Å². The van der Waals surface area contributed by atoms with Crippen molar-refractivity contribution < 1.29 is 9.90 Å². The van der Waals surface area contributed by atoms with Crippen LogP contribution < -0.4 is 5.73 Å². The number of rotatable bonds is 3. The van der Waals surface area contributed by atoms with E-state index in [0.29, 0.717) is 5.92 Å². The van der Waals surface area contributed by atoms with Gasteiger partial charge in [0.1, 0.15) is 0 Å². The Bertz CT molecular complexity index is 183. The fraction of sp³-hybridized carbons (Fsp3) is 0.900. The second-order valence-electron chi connectivity index (χ2n) is 4.41. The maximum atomic E-state index is 10.6. The molecular formula is C10H19NO2. The lowest BCUT2D eigenvalue weighted by Gasteiger charge is -2.35. The summed E-state index contributed by atoms with van der Waals surface area (Å²) in [4.78, 5) is 10.6. The molecule has 0 aromatic carbocycles. The molecule has 1 atom stereocenters. The Kier molecular flexibility index (Phi) is 3.31. The van der Waals surface area contributed by atoms with E-state index in [1.54, 1.807) is 0 Å². The number of nitrogens with two attached hydrogens (primary N) is 1. The van der Waals surface area contributed by atoms with Gasteiger partial charge in [-0.05, 0) is 25.7 Å². The molecule has 1 aliphatic rings. The molecule has 0 saturated heterocycles. The smallest absolute Gasteiger partial charge is 0.305 e. The zero-order valence-corrected chi connectivity index (χ0v) is 8.25. The van der Waals surface area contributed by atoms with Crippen molar-refractivity contribution >= 4 is 5.97 Å². The predicted octanol–water partition coefficient (Wildman–Crippen LogP) is 1.76. The Hall–Kier alpha value is -0.570. The summed E-state index contributed by atoms with van der Waals surface area (Å²) in [6, 6.07) is 0. The Morgan fingerprint density at radius 1 is 1.46 bits per heavy atom. The molecule has 13 heavy (non-hydrogen) atoms. The van der Waals surface area contributed by atoms with E-state index in [2.05, 4.69) is 0 Å². The van der Waals surface area contributed by atoms with Crippen molar-refractivity contribution in [1.82, 2.24) is 0 Å². The van der Waals surface area contributed by atoms with Crippen LogP contribution >= 0.6 is 0 Å². The number of carboxylic acids is 1. The van der Waals surface area contributed by atoms with Gasteiger partial charge in [-0.1, -0.05) is 19.3 Å². The van der Waals surface area contributed by atoms with E-state index in [4.69, 9.17) is 10.8 Å². The van der Waals surface area contributed by atoms with Gasteiger partial charge in [-0.25, -0.2) is 0 Å². The number of hydrogen-bond donors (Lipinski definition) is 2. The SMILES string of the molecule is C[C@](N)(CC(=O)O)C1CCCCC1. The van der Waals surface area contributed by atoms with Gasteiger partial charge < -0.3 is 10.8 Å². The van der Waals surface area contributed by atoms with Crippen LogP contribution in [0.1, 0.15) is 45.4 Å². The molecule has 3 N–H and O–H groups in total. The first-order valence-corrected chi connectivity index (χ1v) is 5.03. The minimum Gasteiger partial charge on any atom is -0.481 e. The van der Waals surface area contributed by atoms with E-state index < -0.39 is 11.5 Å². The summed E-state index contributed by atoms with van der Waals surface area (Å²) in [5.41, 5.74) is 5.50. The molecule has 0 heterocycles. The summed E-state index contributed by atoms with van der Waals surface area (Å²) >= 11 is 0. The fourth-order valence-electron chi connectivity index (χ4n) is 2.23. The van der Waals surface area contributed by atoms with Gasteiger partial charge in [-0.2, -0.15) is 0 Å². The van der Waals surface area contributed by atoms with Crippen LogP contribution in [0.5, 0.6) is 0 Å². The maximum absolute atomic E-state index is 10.6. The Balaban J connectivity index is 2.50. The number of hydrogen-bond acceptors (Lipinski definition) is 2. The molecule has 0 amide bonds. The van der Waals surface area contributed by atoms with Crippen LogP contribution in [0.2, 0.25) is 0 Å². The van der Waals surface area contributed by atoms with Crippen LogP contribution in [0.4, 0.5) is 0 Å². The highest BCUT2D eigenvalue weighted by Crippen LogP contribution is 2.32. The van der Waals surface area contributed by atoms with Crippen molar-refractivity contribution in [1.29, 1.82) is 0 Å². The maximum Gasteiger partial charge on any atom is 0.305 e. The third-order valence-corrected chi connectivity index (χ3v) is 3.07. The average Bonchev–Trinajstić information content (AvgIpc) is 2.04. The summed E-state index contributed by atoms with van der Waals surface area (Å²) < 4.78 is 0.